The summed E-state index contributed by atoms with van der Waals surface area (Å²) in [6.45, 7) is 0. The van der Waals surface area contributed by atoms with E-state index < -0.39 is 11.8 Å². The molecule has 2 aromatic rings. The van der Waals surface area contributed by atoms with Crippen LogP contribution in [0.25, 0.3) is 10.9 Å². The summed E-state index contributed by atoms with van der Waals surface area (Å²) in [7, 11) is 1.51. The molecule has 0 spiro atoms. The molecule has 1 aromatic heterocycles. The molecule has 0 saturated carbocycles. The molecular weight excluding hydrogens is 210 g/mol. The predicted octanol–water partition coefficient (Wildman–Crippen LogP) is 1.44. The molecule has 0 aliphatic heterocycles. The number of ether oxygens (including phenoxy) is 1. The van der Waals surface area contributed by atoms with Crippen LogP contribution in [0.2, 0.25) is 0 Å². The Morgan fingerprint density at radius 1 is 1.31 bits per heavy atom. The Hall–Kier alpha value is -2.30. The number of Topliss-reactive ketones (excluding diaryl/α,β-unsaturated/α-hetero) is 1. The second-order valence-corrected chi connectivity index (χ2v) is 3.22. The largest absolute Gasteiger partial charge is 0.495 e. The molecule has 0 bridgehead atoms. The minimum atomic E-state index is -1.47. The summed E-state index contributed by atoms with van der Waals surface area (Å²) >= 11 is 0. The fourth-order valence-corrected chi connectivity index (χ4v) is 1.61. The van der Waals surface area contributed by atoms with Crippen LogP contribution in [-0.2, 0) is 4.79 Å². The molecule has 5 heteroatoms. The smallest absolute Gasteiger partial charge is 0.377 e. The van der Waals surface area contributed by atoms with Crippen LogP contribution < -0.4 is 4.74 Å². The van der Waals surface area contributed by atoms with Crippen molar-refractivity contribution in [1.82, 2.24) is 4.98 Å². The monoisotopic (exact) mass is 219 g/mol. The van der Waals surface area contributed by atoms with Crippen LogP contribution in [0.4, 0.5) is 0 Å². The average Bonchev–Trinajstić information content (AvgIpc) is 2.75. The molecular formula is C11H9NO4. The molecule has 0 unspecified atom stereocenters. The van der Waals surface area contributed by atoms with Gasteiger partial charge in [0.05, 0.1) is 12.6 Å². The Kier molecular flexibility index (Phi) is 2.36. The van der Waals surface area contributed by atoms with E-state index in [1.54, 1.807) is 18.3 Å². The summed E-state index contributed by atoms with van der Waals surface area (Å²) in [5.41, 5.74) is 0.777. The molecule has 0 fully saturated rings. The highest BCUT2D eigenvalue weighted by Crippen LogP contribution is 2.27. The van der Waals surface area contributed by atoms with E-state index in [0.29, 0.717) is 16.7 Å². The fraction of sp³-hybridized carbons (Fsp3) is 0.0909. The van der Waals surface area contributed by atoms with Crippen LogP contribution in [-0.4, -0.2) is 29.0 Å². The molecule has 0 amide bonds. The molecule has 2 N–H and O–H groups in total. The molecule has 16 heavy (non-hydrogen) atoms. The number of carboxylic acids is 1. The summed E-state index contributed by atoms with van der Waals surface area (Å²) in [5.74, 6) is -1.82. The maximum Gasteiger partial charge on any atom is 0.377 e. The van der Waals surface area contributed by atoms with Gasteiger partial charge in [-0.1, -0.05) is 0 Å². The Morgan fingerprint density at radius 3 is 2.69 bits per heavy atom. The first-order valence-electron chi connectivity index (χ1n) is 4.57. The minimum absolute atomic E-state index is 0.157. The van der Waals surface area contributed by atoms with Gasteiger partial charge in [-0.25, -0.2) is 4.79 Å². The number of carboxylic acid groups (broad SMARTS) is 1. The van der Waals surface area contributed by atoms with E-state index in [1.165, 1.54) is 13.2 Å². The highest BCUT2D eigenvalue weighted by atomic mass is 16.5. The molecule has 1 heterocycles. The Balaban J connectivity index is 2.69. The van der Waals surface area contributed by atoms with Crippen molar-refractivity contribution >= 4 is 22.7 Å². The van der Waals surface area contributed by atoms with Crippen molar-refractivity contribution in [1.29, 1.82) is 0 Å². The van der Waals surface area contributed by atoms with E-state index in [4.69, 9.17) is 9.84 Å². The molecule has 0 aliphatic carbocycles. The van der Waals surface area contributed by atoms with Crippen molar-refractivity contribution in [3.63, 3.8) is 0 Å². The number of benzene rings is 1. The molecule has 5 nitrogen and oxygen atoms in total. The maximum absolute atomic E-state index is 11.4. The topological polar surface area (TPSA) is 79.4 Å². The normalized spacial score (nSPS) is 10.3. The lowest BCUT2D eigenvalue weighted by Crippen LogP contribution is -2.12. The zero-order chi connectivity index (χ0) is 11.7. The number of rotatable bonds is 3. The molecule has 82 valence electrons. The van der Waals surface area contributed by atoms with Crippen molar-refractivity contribution in [2.45, 2.75) is 0 Å². The molecule has 0 aliphatic rings. The van der Waals surface area contributed by atoms with Gasteiger partial charge in [0, 0.05) is 17.1 Å². The summed E-state index contributed by atoms with van der Waals surface area (Å²) in [5, 5.41) is 9.22. The number of carbonyl (C=O) groups is 2. The van der Waals surface area contributed by atoms with Gasteiger partial charge in [0.25, 0.3) is 5.78 Å². The fourth-order valence-electron chi connectivity index (χ4n) is 1.61. The van der Waals surface area contributed by atoms with Crippen LogP contribution >= 0.6 is 0 Å². The quantitative estimate of drug-likeness (QED) is 0.604. The SMILES string of the molecule is COc1ccc(C(=O)C(=O)O)c2cc[nH]c12. The first-order valence-corrected chi connectivity index (χ1v) is 4.57. The van der Waals surface area contributed by atoms with Gasteiger partial charge in [-0.05, 0) is 18.2 Å². The molecule has 0 radical (unpaired) electrons. The number of carbonyl (C=O) groups excluding carboxylic acids is 1. The Labute approximate surface area is 90.6 Å². The van der Waals surface area contributed by atoms with Crippen molar-refractivity contribution in [2.24, 2.45) is 0 Å². The first kappa shape index (κ1) is 10.2. The highest BCUT2D eigenvalue weighted by Gasteiger charge is 2.19. The number of hydrogen-bond acceptors (Lipinski definition) is 3. The second kappa shape index (κ2) is 3.69. The molecule has 0 atom stereocenters. The van der Waals surface area contributed by atoms with Gasteiger partial charge in [-0.3, -0.25) is 4.79 Å². The van der Waals surface area contributed by atoms with Crippen molar-refractivity contribution in [3.8, 4) is 5.75 Å². The highest BCUT2D eigenvalue weighted by molar-refractivity contribution is 6.42. The van der Waals surface area contributed by atoms with Crippen LogP contribution in [0, 0.1) is 0 Å². The number of H-pyrrole nitrogens is 1. The second-order valence-electron chi connectivity index (χ2n) is 3.22. The first-order chi connectivity index (χ1) is 7.65. The molecule has 2 rings (SSSR count). The van der Waals surface area contributed by atoms with E-state index >= 15 is 0 Å². The van der Waals surface area contributed by atoms with E-state index in [0.717, 1.165) is 0 Å². The predicted molar refractivity (Wildman–Crippen MR) is 56.8 cm³/mol. The Bertz CT molecular complexity index is 570. The summed E-state index contributed by atoms with van der Waals surface area (Å²) < 4.78 is 5.09. The number of nitrogens with one attached hydrogen (secondary N) is 1. The number of aliphatic carboxylic acids is 1. The zero-order valence-electron chi connectivity index (χ0n) is 8.48. The van der Waals surface area contributed by atoms with Gasteiger partial charge < -0.3 is 14.8 Å². The number of aromatic amines is 1. The van der Waals surface area contributed by atoms with Crippen molar-refractivity contribution < 1.29 is 19.4 Å². The van der Waals surface area contributed by atoms with E-state index in [1.807, 2.05) is 0 Å². The standard InChI is InChI=1S/C11H9NO4/c1-16-8-3-2-7(10(13)11(14)15)6-4-5-12-9(6)8/h2-5,12H,1H3,(H,14,15). The number of methoxy groups -OCH3 is 1. The third kappa shape index (κ3) is 1.42. The molecule has 0 saturated heterocycles. The average molecular weight is 219 g/mol. The molecule has 1 aromatic carbocycles. The van der Waals surface area contributed by atoms with Gasteiger partial charge in [0.2, 0.25) is 0 Å². The van der Waals surface area contributed by atoms with E-state index in [9.17, 15) is 9.59 Å². The summed E-state index contributed by atoms with van der Waals surface area (Å²) in [4.78, 5) is 24.9. The number of aromatic nitrogens is 1. The van der Waals surface area contributed by atoms with Crippen molar-refractivity contribution in [3.05, 3.63) is 30.0 Å². The van der Waals surface area contributed by atoms with Gasteiger partial charge in [-0.2, -0.15) is 0 Å². The van der Waals surface area contributed by atoms with Crippen LogP contribution in [0.3, 0.4) is 0 Å². The van der Waals surface area contributed by atoms with Crippen molar-refractivity contribution in [2.75, 3.05) is 7.11 Å². The van der Waals surface area contributed by atoms with Gasteiger partial charge in [0.1, 0.15) is 5.75 Å². The van der Waals surface area contributed by atoms with Gasteiger partial charge in [-0.15, -0.1) is 0 Å². The number of ketones is 1. The lowest BCUT2D eigenvalue weighted by Gasteiger charge is -2.04. The summed E-state index contributed by atoms with van der Waals surface area (Å²) in [6, 6.07) is 4.66. The van der Waals surface area contributed by atoms with Gasteiger partial charge >= 0.3 is 5.97 Å². The van der Waals surface area contributed by atoms with Crippen LogP contribution in [0.1, 0.15) is 10.4 Å². The van der Waals surface area contributed by atoms with Gasteiger partial charge in [0.15, 0.2) is 0 Å². The van der Waals surface area contributed by atoms with E-state index in [2.05, 4.69) is 4.98 Å². The zero-order valence-corrected chi connectivity index (χ0v) is 8.48. The lowest BCUT2D eigenvalue weighted by atomic mass is 10.1. The van der Waals surface area contributed by atoms with Crippen LogP contribution in [0.15, 0.2) is 24.4 Å². The summed E-state index contributed by atoms with van der Waals surface area (Å²) in [6.07, 6.45) is 1.63. The van der Waals surface area contributed by atoms with Crippen LogP contribution in [0.5, 0.6) is 5.75 Å². The third-order valence-corrected chi connectivity index (χ3v) is 2.34. The van der Waals surface area contributed by atoms with E-state index in [-0.39, 0.29) is 5.56 Å². The maximum atomic E-state index is 11.4. The minimum Gasteiger partial charge on any atom is -0.495 e. The number of hydrogen-bond donors (Lipinski definition) is 2. The number of fused-ring (bicyclic) bond motifs is 1. The lowest BCUT2D eigenvalue weighted by molar-refractivity contribution is -0.131. The Morgan fingerprint density at radius 2 is 2.06 bits per heavy atom. The third-order valence-electron chi connectivity index (χ3n) is 2.34.